The van der Waals surface area contributed by atoms with E-state index in [-0.39, 0.29) is 6.61 Å². The molecule has 0 aliphatic rings. The molecule has 0 aliphatic heterocycles. The summed E-state index contributed by atoms with van der Waals surface area (Å²) in [6.45, 7) is 4.01. The zero-order valence-electron chi connectivity index (χ0n) is 11.9. The van der Waals surface area contributed by atoms with Crippen molar-refractivity contribution < 1.29 is 19.4 Å². The molecule has 5 nitrogen and oxygen atoms in total. The molecule has 0 fully saturated rings. The van der Waals surface area contributed by atoms with Crippen molar-refractivity contribution in [2.75, 3.05) is 6.54 Å². The van der Waals surface area contributed by atoms with E-state index in [9.17, 15) is 9.59 Å². The minimum absolute atomic E-state index is 0.147. The molecule has 0 unspecified atom stereocenters. The summed E-state index contributed by atoms with van der Waals surface area (Å²) in [5, 5.41) is 9.04. The summed E-state index contributed by atoms with van der Waals surface area (Å²) < 4.78 is 5.18. The number of benzene rings is 1. The molecule has 1 atom stereocenters. The Kier molecular flexibility index (Phi) is 6.56. The molecule has 5 heteroatoms. The number of hydrogen-bond acceptors (Lipinski definition) is 3. The molecule has 0 radical (unpaired) electrons. The number of unbranched alkanes of at least 4 members (excludes halogenated alkanes) is 1. The van der Waals surface area contributed by atoms with E-state index >= 15 is 0 Å². The number of ether oxygens (including phenoxy) is 1. The summed E-state index contributed by atoms with van der Waals surface area (Å²) in [5.41, 5.74) is 0.874. The molecule has 0 saturated heterocycles. The Morgan fingerprint density at radius 1 is 1.30 bits per heavy atom. The topological polar surface area (TPSA) is 66.8 Å². The minimum atomic E-state index is -1.03. The Hall–Kier alpha value is -2.04. The second kappa shape index (κ2) is 8.19. The highest BCUT2D eigenvalue weighted by molar-refractivity contribution is 5.79. The number of carboxylic acid groups (broad SMARTS) is 1. The molecule has 110 valence electrons. The first-order valence-corrected chi connectivity index (χ1v) is 6.76. The fraction of sp³-hybridized carbons (Fsp3) is 0.467. The standard InChI is InChI=1S/C15H21NO4/c1-3-4-10-16(12(2)14(17)18)15(19)20-11-13-8-6-5-7-9-13/h5-9,12H,3-4,10-11H2,1-2H3,(H,17,18)/t12-/m0/s1. The molecule has 0 aromatic heterocycles. The molecule has 0 heterocycles. The van der Waals surface area contributed by atoms with Crippen molar-refractivity contribution in [2.45, 2.75) is 39.3 Å². The van der Waals surface area contributed by atoms with Crippen molar-refractivity contribution in [3.05, 3.63) is 35.9 Å². The first kappa shape index (κ1) is 16.0. The van der Waals surface area contributed by atoms with Crippen molar-refractivity contribution >= 4 is 12.1 Å². The van der Waals surface area contributed by atoms with Gasteiger partial charge in [0.25, 0.3) is 0 Å². The van der Waals surface area contributed by atoms with E-state index in [1.54, 1.807) is 0 Å². The van der Waals surface area contributed by atoms with Crippen LogP contribution >= 0.6 is 0 Å². The quantitative estimate of drug-likeness (QED) is 0.833. The van der Waals surface area contributed by atoms with Crippen LogP contribution in [0.3, 0.4) is 0 Å². The van der Waals surface area contributed by atoms with Crippen LogP contribution in [-0.2, 0) is 16.1 Å². The predicted octanol–water partition coefficient (Wildman–Crippen LogP) is 2.90. The van der Waals surface area contributed by atoms with Gasteiger partial charge in [0, 0.05) is 6.54 Å². The lowest BCUT2D eigenvalue weighted by molar-refractivity contribution is -0.142. The molecule has 1 aromatic rings. The third-order valence-electron chi connectivity index (χ3n) is 3.02. The van der Waals surface area contributed by atoms with Crippen molar-refractivity contribution in [1.29, 1.82) is 0 Å². The maximum atomic E-state index is 12.0. The summed E-state index contributed by atoms with van der Waals surface area (Å²) in [5.74, 6) is -1.03. The lowest BCUT2D eigenvalue weighted by Crippen LogP contribution is -2.44. The normalized spacial score (nSPS) is 11.7. The highest BCUT2D eigenvalue weighted by Crippen LogP contribution is 2.08. The second-order valence-corrected chi connectivity index (χ2v) is 4.60. The Bertz CT molecular complexity index is 433. The van der Waals surface area contributed by atoms with Gasteiger partial charge in [0.05, 0.1) is 0 Å². The van der Waals surface area contributed by atoms with Crippen LogP contribution < -0.4 is 0 Å². The summed E-state index contributed by atoms with van der Waals surface area (Å²) in [7, 11) is 0. The molecule has 1 N–H and O–H groups in total. The molecule has 0 saturated carbocycles. The van der Waals surface area contributed by atoms with Gasteiger partial charge in [-0.15, -0.1) is 0 Å². The number of aliphatic carboxylic acids is 1. The van der Waals surface area contributed by atoms with Crippen LogP contribution in [0, 0.1) is 0 Å². The van der Waals surface area contributed by atoms with E-state index in [2.05, 4.69) is 0 Å². The van der Waals surface area contributed by atoms with Crippen molar-refractivity contribution in [3.63, 3.8) is 0 Å². The maximum absolute atomic E-state index is 12.0. The van der Waals surface area contributed by atoms with Gasteiger partial charge in [-0.1, -0.05) is 43.7 Å². The van der Waals surface area contributed by atoms with Crippen LogP contribution in [0.2, 0.25) is 0 Å². The number of hydrogen-bond donors (Lipinski definition) is 1. The van der Waals surface area contributed by atoms with E-state index in [4.69, 9.17) is 9.84 Å². The van der Waals surface area contributed by atoms with Gasteiger partial charge in [-0.25, -0.2) is 9.59 Å². The van der Waals surface area contributed by atoms with Gasteiger partial charge in [-0.05, 0) is 18.9 Å². The van der Waals surface area contributed by atoms with E-state index < -0.39 is 18.1 Å². The average Bonchev–Trinajstić information content (AvgIpc) is 2.46. The molecular formula is C15H21NO4. The zero-order valence-corrected chi connectivity index (χ0v) is 11.9. The Morgan fingerprint density at radius 2 is 1.95 bits per heavy atom. The molecule has 0 bridgehead atoms. The molecule has 0 aliphatic carbocycles. The Labute approximate surface area is 119 Å². The fourth-order valence-corrected chi connectivity index (χ4v) is 1.71. The summed E-state index contributed by atoms with van der Waals surface area (Å²) in [6.07, 6.45) is 1.05. The van der Waals surface area contributed by atoms with Gasteiger partial charge in [-0.2, -0.15) is 0 Å². The van der Waals surface area contributed by atoms with Gasteiger partial charge >= 0.3 is 12.1 Å². The molecule has 1 rings (SSSR count). The minimum Gasteiger partial charge on any atom is -0.480 e. The van der Waals surface area contributed by atoms with Crippen molar-refractivity contribution in [2.24, 2.45) is 0 Å². The van der Waals surface area contributed by atoms with Crippen molar-refractivity contribution in [1.82, 2.24) is 4.90 Å². The number of rotatable bonds is 7. The molecule has 0 spiro atoms. The van der Waals surface area contributed by atoms with Crippen LogP contribution in [0.25, 0.3) is 0 Å². The maximum Gasteiger partial charge on any atom is 0.410 e. The second-order valence-electron chi connectivity index (χ2n) is 4.60. The van der Waals surface area contributed by atoms with Crippen LogP contribution in [0.15, 0.2) is 30.3 Å². The number of nitrogens with zero attached hydrogens (tertiary/aromatic N) is 1. The van der Waals surface area contributed by atoms with E-state index in [1.165, 1.54) is 11.8 Å². The highest BCUT2D eigenvalue weighted by atomic mass is 16.6. The highest BCUT2D eigenvalue weighted by Gasteiger charge is 2.26. The Morgan fingerprint density at radius 3 is 2.50 bits per heavy atom. The van der Waals surface area contributed by atoms with Gasteiger partial charge in [-0.3, -0.25) is 4.90 Å². The molecule has 20 heavy (non-hydrogen) atoms. The SMILES string of the molecule is CCCCN(C(=O)OCc1ccccc1)[C@@H](C)C(=O)O. The molecular weight excluding hydrogens is 258 g/mol. The predicted molar refractivity (Wildman–Crippen MR) is 75.3 cm³/mol. The largest absolute Gasteiger partial charge is 0.480 e. The van der Waals surface area contributed by atoms with Crippen LogP contribution in [0.1, 0.15) is 32.3 Å². The summed E-state index contributed by atoms with van der Waals surface area (Å²) in [4.78, 5) is 24.3. The molecule has 1 amide bonds. The average molecular weight is 279 g/mol. The van der Waals surface area contributed by atoms with E-state index in [1.807, 2.05) is 37.3 Å². The smallest absolute Gasteiger partial charge is 0.410 e. The third kappa shape index (κ3) is 4.91. The van der Waals surface area contributed by atoms with Gasteiger partial charge in [0.2, 0.25) is 0 Å². The lowest BCUT2D eigenvalue weighted by Gasteiger charge is -2.25. The van der Waals surface area contributed by atoms with Gasteiger partial charge < -0.3 is 9.84 Å². The number of carbonyl (C=O) groups is 2. The first-order valence-electron chi connectivity index (χ1n) is 6.76. The monoisotopic (exact) mass is 279 g/mol. The van der Waals surface area contributed by atoms with E-state index in [0.717, 1.165) is 18.4 Å². The lowest BCUT2D eigenvalue weighted by atomic mass is 10.2. The van der Waals surface area contributed by atoms with E-state index in [0.29, 0.717) is 6.54 Å². The summed E-state index contributed by atoms with van der Waals surface area (Å²) >= 11 is 0. The van der Waals surface area contributed by atoms with Crippen LogP contribution in [0.5, 0.6) is 0 Å². The fourth-order valence-electron chi connectivity index (χ4n) is 1.71. The van der Waals surface area contributed by atoms with Crippen molar-refractivity contribution in [3.8, 4) is 0 Å². The van der Waals surface area contributed by atoms with Gasteiger partial charge in [0.15, 0.2) is 0 Å². The Balaban J connectivity index is 2.60. The molecule has 1 aromatic carbocycles. The first-order chi connectivity index (χ1) is 9.56. The zero-order chi connectivity index (χ0) is 15.0. The van der Waals surface area contributed by atoms with Gasteiger partial charge in [0.1, 0.15) is 12.6 Å². The number of carboxylic acids is 1. The van der Waals surface area contributed by atoms with Crippen LogP contribution in [0.4, 0.5) is 4.79 Å². The summed E-state index contributed by atoms with van der Waals surface area (Å²) in [6, 6.07) is 8.42. The number of carbonyl (C=O) groups excluding carboxylic acids is 1. The number of amides is 1. The third-order valence-corrected chi connectivity index (χ3v) is 3.02. The van der Waals surface area contributed by atoms with Crippen LogP contribution in [-0.4, -0.2) is 34.7 Å².